The number of carbonyl (C=O) groups is 1. The first-order chi connectivity index (χ1) is 10.5. The molecule has 6 heteroatoms. The van der Waals surface area contributed by atoms with Crippen LogP contribution in [0.5, 0.6) is 5.75 Å². The molecule has 0 radical (unpaired) electrons. The molecule has 1 amide bonds. The Kier molecular flexibility index (Phi) is 5.12. The highest BCUT2D eigenvalue weighted by Crippen LogP contribution is 2.18. The average Bonchev–Trinajstić information content (AvgIpc) is 2.52. The van der Waals surface area contributed by atoms with E-state index >= 15 is 0 Å². The van der Waals surface area contributed by atoms with Gasteiger partial charge in [-0.2, -0.15) is 5.10 Å². The van der Waals surface area contributed by atoms with Gasteiger partial charge in [0.15, 0.2) is 11.6 Å². The molecule has 2 aromatic carbocycles. The van der Waals surface area contributed by atoms with Crippen molar-refractivity contribution in [3.63, 3.8) is 0 Å². The summed E-state index contributed by atoms with van der Waals surface area (Å²) in [5, 5.41) is 4.43. The van der Waals surface area contributed by atoms with E-state index in [1.165, 1.54) is 25.3 Å². The van der Waals surface area contributed by atoms with Gasteiger partial charge in [-0.25, -0.2) is 9.82 Å². The van der Waals surface area contributed by atoms with Gasteiger partial charge in [-0.3, -0.25) is 4.79 Å². The van der Waals surface area contributed by atoms with E-state index in [1.54, 1.807) is 31.2 Å². The molecule has 0 spiro atoms. The highest BCUT2D eigenvalue weighted by Gasteiger charge is 2.07. The topological polar surface area (TPSA) is 50.7 Å². The molecule has 0 saturated heterocycles. The van der Waals surface area contributed by atoms with Crippen LogP contribution in [0.25, 0.3) is 0 Å². The van der Waals surface area contributed by atoms with Crippen molar-refractivity contribution in [3.8, 4) is 5.75 Å². The van der Waals surface area contributed by atoms with E-state index in [1.807, 2.05) is 0 Å². The van der Waals surface area contributed by atoms with Crippen molar-refractivity contribution < 1.29 is 13.9 Å². The maximum atomic E-state index is 13.6. The summed E-state index contributed by atoms with van der Waals surface area (Å²) >= 11 is 5.82. The maximum absolute atomic E-state index is 13.6. The molecule has 2 aromatic rings. The zero-order chi connectivity index (χ0) is 16.1. The quantitative estimate of drug-likeness (QED) is 0.690. The molecule has 0 heterocycles. The maximum Gasteiger partial charge on any atom is 0.271 e. The van der Waals surface area contributed by atoms with Crippen molar-refractivity contribution in [2.24, 2.45) is 5.10 Å². The Bertz CT molecular complexity index is 732. The highest BCUT2D eigenvalue weighted by molar-refractivity contribution is 6.30. The number of methoxy groups -OCH3 is 1. The van der Waals surface area contributed by atoms with E-state index in [2.05, 4.69) is 10.5 Å². The highest BCUT2D eigenvalue weighted by atomic mass is 35.5. The third kappa shape index (κ3) is 3.83. The van der Waals surface area contributed by atoms with Gasteiger partial charge in [0, 0.05) is 16.1 Å². The number of nitrogens with zero attached hydrogens (tertiary/aromatic N) is 1. The van der Waals surface area contributed by atoms with Crippen LogP contribution < -0.4 is 10.2 Å². The Morgan fingerprint density at radius 3 is 2.64 bits per heavy atom. The smallest absolute Gasteiger partial charge is 0.271 e. The third-order valence-electron chi connectivity index (χ3n) is 2.98. The molecular formula is C16H14ClFN2O2. The lowest BCUT2D eigenvalue weighted by molar-refractivity contribution is 0.0955. The number of ether oxygens (including phenoxy) is 1. The van der Waals surface area contributed by atoms with Gasteiger partial charge in [0.2, 0.25) is 0 Å². The van der Waals surface area contributed by atoms with Crippen LogP contribution in [0.15, 0.2) is 47.6 Å². The van der Waals surface area contributed by atoms with Gasteiger partial charge in [0.05, 0.1) is 12.8 Å². The molecule has 0 unspecified atom stereocenters. The minimum Gasteiger partial charge on any atom is -0.494 e. The molecule has 114 valence electrons. The fourth-order valence-electron chi connectivity index (χ4n) is 1.78. The van der Waals surface area contributed by atoms with Crippen molar-refractivity contribution in [1.82, 2.24) is 5.43 Å². The van der Waals surface area contributed by atoms with Crippen LogP contribution in [0, 0.1) is 5.82 Å². The minimum atomic E-state index is -0.490. The van der Waals surface area contributed by atoms with E-state index in [0.29, 0.717) is 21.9 Å². The molecule has 0 bridgehead atoms. The van der Waals surface area contributed by atoms with Crippen molar-refractivity contribution >= 4 is 23.2 Å². The summed E-state index contributed by atoms with van der Waals surface area (Å²) < 4.78 is 18.5. The largest absolute Gasteiger partial charge is 0.494 e. The van der Waals surface area contributed by atoms with Crippen molar-refractivity contribution in [2.75, 3.05) is 7.11 Å². The van der Waals surface area contributed by atoms with Gasteiger partial charge < -0.3 is 4.74 Å². The molecule has 22 heavy (non-hydrogen) atoms. The van der Waals surface area contributed by atoms with Gasteiger partial charge >= 0.3 is 0 Å². The average molecular weight is 321 g/mol. The van der Waals surface area contributed by atoms with Crippen LogP contribution in [0.2, 0.25) is 5.02 Å². The molecule has 2 rings (SSSR count). The van der Waals surface area contributed by atoms with E-state index in [0.717, 1.165) is 0 Å². The van der Waals surface area contributed by atoms with Crippen LogP contribution in [0.3, 0.4) is 0 Å². The lowest BCUT2D eigenvalue weighted by Gasteiger charge is -2.06. The number of benzene rings is 2. The molecule has 0 aliphatic heterocycles. The number of hydrogen-bond donors (Lipinski definition) is 1. The summed E-state index contributed by atoms with van der Waals surface area (Å²) in [5.41, 5.74) is 3.82. The molecule has 4 nitrogen and oxygen atoms in total. The lowest BCUT2D eigenvalue weighted by Crippen LogP contribution is -2.19. The molecule has 1 N–H and O–H groups in total. The van der Waals surface area contributed by atoms with Crippen molar-refractivity contribution in [2.45, 2.75) is 6.92 Å². The first-order valence-corrected chi connectivity index (χ1v) is 6.83. The second kappa shape index (κ2) is 7.04. The van der Waals surface area contributed by atoms with Crippen LogP contribution >= 0.6 is 11.6 Å². The van der Waals surface area contributed by atoms with Gasteiger partial charge in [-0.15, -0.1) is 0 Å². The number of amides is 1. The number of rotatable bonds is 4. The second-order valence-corrected chi connectivity index (χ2v) is 4.93. The Hall–Kier alpha value is -2.40. The molecule has 0 aliphatic carbocycles. The van der Waals surface area contributed by atoms with Gasteiger partial charge in [-0.1, -0.05) is 17.7 Å². The van der Waals surface area contributed by atoms with E-state index in [-0.39, 0.29) is 5.75 Å². The summed E-state index contributed by atoms with van der Waals surface area (Å²) in [5.74, 6) is -0.730. The zero-order valence-electron chi connectivity index (χ0n) is 12.1. The third-order valence-corrected chi connectivity index (χ3v) is 3.22. The summed E-state index contributed by atoms with van der Waals surface area (Å²) in [7, 11) is 1.39. The van der Waals surface area contributed by atoms with E-state index in [4.69, 9.17) is 16.3 Å². The van der Waals surface area contributed by atoms with Crippen LogP contribution in [0.4, 0.5) is 4.39 Å². The predicted octanol–water partition coefficient (Wildman–Crippen LogP) is 3.64. The minimum absolute atomic E-state index is 0.152. The fraction of sp³-hybridized carbons (Fsp3) is 0.125. The fourth-order valence-corrected chi connectivity index (χ4v) is 1.98. The van der Waals surface area contributed by atoms with Crippen molar-refractivity contribution in [3.05, 3.63) is 64.4 Å². The van der Waals surface area contributed by atoms with Crippen LogP contribution in [-0.4, -0.2) is 18.7 Å². The normalized spacial score (nSPS) is 11.2. The Morgan fingerprint density at radius 2 is 2.00 bits per heavy atom. The number of hydrazone groups is 1. The molecule has 0 atom stereocenters. The molecule has 0 aliphatic rings. The van der Waals surface area contributed by atoms with Gasteiger partial charge in [-0.05, 0) is 43.3 Å². The first-order valence-electron chi connectivity index (χ1n) is 6.45. The molecule has 0 aromatic heterocycles. The van der Waals surface area contributed by atoms with Gasteiger partial charge in [0.1, 0.15) is 0 Å². The number of hydrogen-bond acceptors (Lipinski definition) is 3. The van der Waals surface area contributed by atoms with Crippen molar-refractivity contribution in [1.29, 1.82) is 0 Å². The summed E-state index contributed by atoms with van der Waals surface area (Å²) in [6.07, 6.45) is 0. The Morgan fingerprint density at radius 1 is 1.23 bits per heavy atom. The first kappa shape index (κ1) is 16.0. The van der Waals surface area contributed by atoms with Crippen LogP contribution in [0.1, 0.15) is 22.8 Å². The number of halogens is 2. The Balaban J connectivity index is 2.12. The Labute approximate surface area is 132 Å². The lowest BCUT2D eigenvalue weighted by atomic mass is 10.1. The second-order valence-electron chi connectivity index (χ2n) is 4.50. The SMILES string of the molecule is COc1ccc(/C(C)=N\NC(=O)c2cccc(Cl)c2)cc1F. The summed E-state index contributed by atoms with van der Waals surface area (Å²) in [6, 6.07) is 11.0. The predicted molar refractivity (Wildman–Crippen MR) is 84.1 cm³/mol. The molecule has 0 fully saturated rings. The standard InChI is InChI=1S/C16H14ClFN2O2/c1-10(11-6-7-15(22-2)14(18)9-11)19-20-16(21)12-4-3-5-13(17)8-12/h3-9H,1-2H3,(H,20,21)/b19-10-. The molecular weight excluding hydrogens is 307 g/mol. The summed E-state index contributed by atoms with van der Waals surface area (Å²) in [6.45, 7) is 1.67. The zero-order valence-corrected chi connectivity index (χ0v) is 12.8. The summed E-state index contributed by atoms with van der Waals surface area (Å²) in [4.78, 5) is 11.9. The van der Waals surface area contributed by atoms with E-state index in [9.17, 15) is 9.18 Å². The van der Waals surface area contributed by atoms with Gasteiger partial charge in [0.25, 0.3) is 5.91 Å². The monoisotopic (exact) mass is 320 g/mol. The van der Waals surface area contributed by atoms with E-state index < -0.39 is 11.7 Å². The number of carbonyl (C=O) groups excluding carboxylic acids is 1. The number of nitrogens with one attached hydrogen (secondary N) is 1. The molecule has 0 saturated carbocycles. The van der Waals surface area contributed by atoms with Crippen LogP contribution in [-0.2, 0) is 0 Å².